The molecule has 0 bridgehead atoms. The van der Waals surface area contributed by atoms with Crippen molar-refractivity contribution in [2.45, 2.75) is 13.0 Å². The van der Waals surface area contributed by atoms with Gasteiger partial charge >= 0.3 is 6.16 Å². The molecule has 0 aliphatic heterocycles. The van der Waals surface area contributed by atoms with Gasteiger partial charge in [0.05, 0.1) is 6.61 Å². The van der Waals surface area contributed by atoms with Crippen molar-refractivity contribution in [3.8, 4) is 6.07 Å². The fraction of sp³-hybridized carbons (Fsp3) is 0.273. The summed E-state index contributed by atoms with van der Waals surface area (Å²) >= 11 is 5.88. The van der Waals surface area contributed by atoms with Gasteiger partial charge in [-0.15, -0.1) is 0 Å². The molecule has 0 heterocycles. The van der Waals surface area contributed by atoms with E-state index in [1.165, 1.54) is 0 Å². The third-order valence-corrected chi connectivity index (χ3v) is 2.13. The van der Waals surface area contributed by atoms with Crippen LogP contribution >= 0.6 is 11.6 Å². The Kier molecular flexibility index (Phi) is 4.62. The first-order chi connectivity index (χ1) is 7.69. The summed E-state index contributed by atoms with van der Waals surface area (Å²) in [5.74, 6) is 0. The van der Waals surface area contributed by atoms with Crippen molar-refractivity contribution in [1.29, 1.82) is 5.26 Å². The fourth-order valence-corrected chi connectivity index (χ4v) is 1.33. The molecule has 0 unspecified atom stereocenters. The monoisotopic (exact) mass is 239 g/mol. The Morgan fingerprint density at radius 1 is 1.56 bits per heavy atom. The SMILES string of the molecule is CCOC(=O)O[C@H](C#N)c1ccccc1Cl. The van der Waals surface area contributed by atoms with Crippen molar-refractivity contribution < 1.29 is 14.3 Å². The standard InChI is InChI=1S/C11H10ClNO3/c1-2-15-11(14)16-10(7-13)8-5-3-4-6-9(8)12/h3-6,10H,2H2,1H3/t10-/m1/s1. The lowest BCUT2D eigenvalue weighted by atomic mass is 10.1. The largest absolute Gasteiger partial charge is 0.509 e. The molecule has 0 N–H and O–H groups in total. The van der Waals surface area contributed by atoms with Gasteiger partial charge in [-0.2, -0.15) is 5.26 Å². The molecule has 0 aliphatic carbocycles. The van der Waals surface area contributed by atoms with Crippen LogP contribution in [-0.4, -0.2) is 12.8 Å². The molecule has 0 radical (unpaired) electrons. The number of nitrogens with zero attached hydrogens (tertiary/aromatic N) is 1. The van der Waals surface area contributed by atoms with Crippen molar-refractivity contribution in [2.75, 3.05) is 6.61 Å². The third kappa shape index (κ3) is 3.14. The summed E-state index contributed by atoms with van der Waals surface area (Å²) in [6.45, 7) is 1.84. The van der Waals surface area contributed by atoms with Gasteiger partial charge < -0.3 is 9.47 Å². The molecule has 1 atom stereocenters. The maximum atomic E-state index is 11.1. The maximum Gasteiger partial charge on any atom is 0.509 e. The fourth-order valence-electron chi connectivity index (χ4n) is 1.10. The van der Waals surface area contributed by atoms with Crippen LogP contribution in [0.1, 0.15) is 18.6 Å². The average Bonchev–Trinajstić information content (AvgIpc) is 2.27. The first kappa shape index (κ1) is 12.3. The van der Waals surface area contributed by atoms with Crippen molar-refractivity contribution >= 4 is 17.8 Å². The minimum atomic E-state index is -1.05. The zero-order valence-electron chi connectivity index (χ0n) is 8.64. The summed E-state index contributed by atoms with van der Waals surface area (Å²) in [5.41, 5.74) is 0.444. The lowest BCUT2D eigenvalue weighted by molar-refractivity contribution is 0.0421. The molecule has 5 heteroatoms. The Labute approximate surface area is 98.3 Å². The Balaban J connectivity index is 2.80. The maximum absolute atomic E-state index is 11.1. The molecule has 84 valence electrons. The molecular formula is C11H10ClNO3. The van der Waals surface area contributed by atoms with E-state index in [0.717, 1.165) is 0 Å². The van der Waals surface area contributed by atoms with E-state index in [2.05, 4.69) is 4.74 Å². The molecule has 1 rings (SSSR count). The molecule has 0 saturated heterocycles. The van der Waals surface area contributed by atoms with Gasteiger partial charge in [0.15, 0.2) is 0 Å². The highest BCUT2D eigenvalue weighted by Crippen LogP contribution is 2.25. The van der Waals surface area contributed by atoms with Crippen LogP contribution in [0.15, 0.2) is 24.3 Å². The predicted octanol–water partition coefficient (Wildman–Crippen LogP) is 3.08. The number of ether oxygens (including phenoxy) is 2. The summed E-state index contributed by atoms with van der Waals surface area (Å²) in [6, 6.07) is 8.52. The van der Waals surface area contributed by atoms with E-state index in [4.69, 9.17) is 21.6 Å². The minimum absolute atomic E-state index is 0.194. The van der Waals surface area contributed by atoms with E-state index in [9.17, 15) is 4.79 Å². The molecule has 0 spiro atoms. The second kappa shape index (κ2) is 5.99. The van der Waals surface area contributed by atoms with Gasteiger partial charge in [-0.05, 0) is 13.0 Å². The Bertz CT molecular complexity index is 414. The second-order valence-corrected chi connectivity index (χ2v) is 3.24. The highest BCUT2D eigenvalue weighted by molar-refractivity contribution is 6.31. The van der Waals surface area contributed by atoms with Gasteiger partial charge in [0.1, 0.15) is 6.07 Å². The van der Waals surface area contributed by atoms with Gasteiger partial charge in [-0.3, -0.25) is 0 Å². The van der Waals surface area contributed by atoms with Crippen LogP contribution in [0.5, 0.6) is 0 Å². The normalized spacial score (nSPS) is 11.3. The average molecular weight is 240 g/mol. The number of halogens is 1. The number of hydrogen-bond donors (Lipinski definition) is 0. The van der Waals surface area contributed by atoms with Gasteiger partial charge in [-0.25, -0.2) is 4.79 Å². The molecule has 0 aromatic heterocycles. The summed E-state index contributed by atoms with van der Waals surface area (Å²) in [4.78, 5) is 11.1. The third-order valence-electron chi connectivity index (χ3n) is 1.78. The number of carbonyl (C=O) groups excluding carboxylic acids is 1. The zero-order chi connectivity index (χ0) is 12.0. The van der Waals surface area contributed by atoms with E-state index in [1.54, 1.807) is 31.2 Å². The van der Waals surface area contributed by atoms with Crippen molar-refractivity contribution in [3.63, 3.8) is 0 Å². The summed E-state index contributed by atoms with van der Waals surface area (Å²) in [7, 11) is 0. The van der Waals surface area contributed by atoms with Gasteiger partial charge in [0, 0.05) is 10.6 Å². The van der Waals surface area contributed by atoms with Crippen molar-refractivity contribution in [1.82, 2.24) is 0 Å². The smallest absolute Gasteiger partial charge is 0.435 e. The van der Waals surface area contributed by atoms with Gasteiger partial charge in [0.25, 0.3) is 0 Å². The van der Waals surface area contributed by atoms with E-state index < -0.39 is 12.3 Å². The van der Waals surface area contributed by atoms with Crippen LogP contribution in [0, 0.1) is 11.3 Å². The summed E-state index contributed by atoms with van der Waals surface area (Å²) in [5, 5.41) is 9.25. The second-order valence-electron chi connectivity index (χ2n) is 2.83. The van der Waals surface area contributed by atoms with Crippen molar-refractivity contribution in [3.05, 3.63) is 34.9 Å². The quantitative estimate of drug-likeness (QED) is 0.761. The molecule has 16 heavy (non-hydrogen) atoms. The van der Waals surface area contributed by atoms with E-state index in [0.29, 0.717) is 10.6 Å². The summed E-state index contributed by atoms with van der Waals surface area (Å²) < 4.78 is 9.38. The first-order valence-electron chi connectivity index (χ1n) is 4.66. The van der Waals surface area contributed by atoms with Gasteiger partial charge in [0.2, 0.25) is 6.10 Å². The Morgan fingerprint density at radius 3 is 2.81 bits per heavy atom. The number of hydrogen-bond acceptors (Lipinski definition) is 4. The molecule has 4 nitrogen and oxygen atoms in total. The number of carbonyl (C=O) groups is 1. The lowest BCUT2D eigenvalue weighted by Gasteiger charge is -2.11. The summed E-state index contributed by atoms with van der Waals surface area (Å²) in [6.07, 6.45) is -1.93. The van der Waals surface area contributed by atoms with Crippen LogP contribution in [0.4, 0.5) is 4.79 Å². The Hall–Kier alpha value is -1.73. The number of nitriles is 1. The van der Waals surface area contributed by atoms with Crippen LogP contribution in [0.3, 0.4) is 0 Å². The first-order valence-corrected chi connectivity index (χ1v) is 5.04. The minimum Gasteiger partial charge on any atom is -0.435 e. The lowest BCUT2D eigenvalue weighted by Crippen LogP contribution is -2.11. The topological polar surface area (TPSA) is 59.3 Å². The van der Waals surface area contributed by atoms with Crippen LogP contribution in [-0.2, 0) is 9.47 Å². The number of benzene rings is 1. The molecular weight excluding hydrogens is 230 g/mol. The molecule has 0 fully saturated rings. The number of rotatable bonds is 3. The van der Waals surface area contributed by atoms with Crippen LogP contribution < -0.4 is 0 Å². The molecule has 1 aromatic rings. The van der Waals surface area contributed by atoms with Gasteiger partial charge in [-0.1, -0.05) is 29.8 Å². The van der Waals surface area contributed by atoms with E-state index >= 15 is 0 Å². The molecule has 0 aliphatic rings. The molecule has 0 saturated carbocycles. The highest BCUT2D eigenvalue weighted by Gasteiger charge is 2.18. The van der Waals surface area contributed by atoms with Crippen LogP contribution in [0.2, 0.25) is 5.02 Å². The van der Waals surface area contributed by atoms with E-state index in [-0.39, 0.29) is 6.61 Å². The van der Waals surface area contributed by atoms with Crippen molar-refractivity contribution in [2.24, 2.45) is 0 Å². The predicted molar refractivity (Wildman–Crippen MR) is 57.9 cm³/mol. The molecule has 0 amide bonds. The highest BCUT2D eigenvalue weighted by atomic mass is 35.5. The molecule has 1 aromatic carbocycles. The zero-order valence-corrected chi connectivity index (χ0v) is 9.40. The van der Waals surface area contributed by atoms with E-state index in [1.807, 2.05) is 6.07 Å². The Morgan fingerprint density at radius 2 is 2.25 bits per heavy atom. The van der Waals surface area contributed by atoms with Crippen LogP contribution in [0.25, 0.3) is 0 Å².